The van der Waals surface area contributed by atoms with Gasteiger partial charge in [-0.3, -0.25) is 4.79 Å². The second-order valence-corrected chi connectivity index (χ2v) is 5.94. The lowest BCUT2D eigenvalue weighted by atomic mass is 10.00. The molecule has 0 spiro atoms. The lowest BCUT2D eigenvalue weighted by Crippen LogP contribution is -2.31. The first kappa shape index (κ1) is 12.1. The average Bonchev–Trinajstić information content (AvgIpc) is 2.91. The number of hydrogen-bond donors (Lipinski definition) is 1. The van der Waals surface area contributed by atoms with Crippen molar-refractivity contribution in [1.29, 1.82) is 0 Å². The smallest absolute Gasteiger partial charge is 0.272 e. The van der Waals surface area contributed by atoms with E-state index in [1.54, 1.807) is 12.1 Å². The van der Waals surface area contributed by atoms with Crippen LogP contribution in [0.2, 0.25) is 0 Å². The van der Waals surface area contributed by atoms with E-state index >= 15 is 0 Å². The molecule has 1 saturated heterocycles. The number of aliphatic hydroxyl groups is 1. The number of halogens is 1. The first-order chi connectivity index (χ1) is 8.65. The molecule has 4 nitrogen and oxygen atoms in total. The fraction of sp³-hybridized carbons (Fsp3) is 0.538. The first-order valence-electron chi connectivity index (χ1n) is 6.25. The number of hydrogen-bond acceptors (Lipinski definition) is 3. The maximum atomic E-state index is 12.3. The van der Waals surface area contributed by atoms with Crippen LogP contribution in [-0.2, 0) is 0 Å². The Bertz CT molecular complexity index is 480. The van der Waals surface area contributed by atoms with Crippen molar-refractivity contribution in [2.45, 2.75) is 18.9 Å². The number of pyridine rings is 1. The van der Waals surface area contributed by atoms with E-state index in [0.717, 1.165) is 19.4 Å². The van der Waals surface area contributed by atoms with Crippen LogP contribution in [0, 0.1) is 11.8 Å². The summed E-state index contributed by atoms with van der Waals surface area (Å²) < 4.78 is 0.674. The van der Waals surface area contributed by atoms with Crippen molar-refractivity contribution in [3.8, 4) is 0 Å². The van der Waals surface area contributed by atoms with E-state index in [9.17, 15) is 9.90 Å². The van der Waals surface area contributed by atoms with Gasteiger partial charge >= 0.3 is 0 Å². The Labute approximate surface area is 114 Å². The van der Waals surface area contributed by atoms with Gasteiger partial charge in [0.05, 0.1) is 6.10 Å². The van der Waals surface area contributed by atoms with Gasteiger partial charge in [-0.15, -0.1) is 0 Å². The molecule has 18 heavy (non-hydrogen) atoms. The molecule has 0 bridgehead atoms. The number of nitrogens with zero attached hydrogens (tertiary/aromatic N) is 2. The highest BCUT2D eigenvalue weighted by Gasteiger charge is 2.43. The molecule has 96 valence electrons. The molecule has 1 aliphatic carbocycles. The van der Waals surface area contributed by atoms with Crippen molar-refractivity contribution >= 4 is 21.8 Å². The van der Waals surface area contributed by atoms with Gasteiger partial charge < -0.3 is 10.0 Å². The molecule has 1 aliphatic heterocycles. The summed E-state index contributed by atoms with van der Waals surface area (Å²) in [5.74, 6) is 0.704. The fourth-order valence-corrected chi connectivity index (χ4v) is 3.44. The minimum Gasteiger partial charge on any atom is -0.393 e. The van der Waals surface area contributed by atoms with Gasteiger partial charge in [-0.25, -0.2) is 4.98 Å². The van der Waals surface area contributed by atoms with Crippen LogP contribution in [0.3, 0.4) is 0 Å². The van der Waals surface area contributed by atoms with E-state index in [4.69, 9.17) is 0 Å². The summed E-state index contributed by atoms with van der Waals surface area (Å²) in [4.78, 5) is 18.3. The molecule has 1 amide bonds. The number of amides is 1. The van der Waals surface area contributed by atoms with Crippen molar-refractivity contribution in [1.82, 2.24) is 9.88 Å². The predicted octanol–water partition coefficient (Wildman–Crippen LogP) is 1.69. The molecule has 3 atom stereocenters. The van der Waals surface area contributed by atoms with Gasteiger partial charge in [0, 0.05) is 19.0 Å². The minimum absolute atomic E-state index is 0.0297. The Kier molecular flexibility index (Phi) is 3.11. The van der Waals surface area contributed by atoms with Gasteiger partial charge in [-0.05, 0) is 46.8 Å². The summed E-state index contributed by atoms with van der Waals surface area (Å²) in [6, 6.07) is 5.35. The minimum atomic E-state index is -0.233. The summed E-state index contributed by atoms with van der Waals surface area (Å²) in [5, 5.41) is 9.85. The Morgan fingerprint density at radius 1 is 1.39 bits per heavy atom. The van der Waals surface area contributed by atoms with Crippen LogP contribution < -0.4 is 0 Å². The molecule has 0 aromatic carbocycles. The third-order valence-corrected chi connectivity index (χ3v) is 4.48. The van der Waals surface area contributed by atoms with Crippen molar-refractivity contribution in [3.05, 3.63) is 28.5 Å². The lowest BCUT2D eigenvalue weighted by molar-refractivity contribution is 0.0746. The Balaban J connectivity index is 1.75. The van der Waals surface area contributed by atoms with Gasteiger partial charge in [0.15, 0.2) is 0 Å². The van der Waals surface area contributed by atoms with Crippen molar-refractivity contribution in [2.75, 3.05) is 13.1 Å². The Morgan fingerprint density at radius 3 is 2.94 bits per heavy atom. The first-order valence-corrected chi connectivity index (χ1v) is 7.04. The summed E-state index contributed by atoms with van der Waals surface area (Å²) in [6.45, 7) is 1.42. The van der Waals surface area contributed by atoms with Crippen LogP contribution >= 0.6 is 15.9 Å². The number of rotatable bonds is 1. The molecule has 1 N–H and O–H groups in total. The molecule has 2 fully saturated rings. The van der Waals surface area contributed by atoms with E-state index < -0.39 is 0 Å². The zero-order valence-electron chi connectivity index (χ0n) is 9.92. The molecule has 1 aromatic rings. The topological polar surface area (TPSA) is 53.4 Å². The van der Waals surface area contributed by atoms with Gasteiger partial charge in [0.1, 0.15) is 10.3 Å². The second kappa shape index (κ2) is 4.63. The summed E-state index contributed by atoms with van der Waals surface area (Å²) in [5.41, 5.74) is 0.471. The maximum Gasteiger partial charge on any atom is 0.272 e. The zero-order valence-corrected chi connectivity index (χ0v) is 11.5. The van der Waals surface area contributed by atoms with Crippen LogP contribution in [0.1, 0.15) is 23.3 Å². The Hall–Kier alpha value is -0.940. The number of carbonyl (C=O) groups excluding carboxylic acids is 1. The van der Waals surface area contributed by atoms with Crippen LogP contribution in [0.5, 0.6) is 0 Å². The third kappa shape index (κ3) is 2.06. The molecular weight excluding hydrogens is 296 g/mol. The number of carbonyl (C=O) groups is 1. The van der Waals surface area contributed by atoms with Gasteiger partial charge in [-0.2, -0.15) is 0 Å². The highest BCUT2D eigenvalue weighted by atomic mass is 79.9. The normalized spacial score (nSPS) is 30.6. The Morgan fingerprint density at radius 2 is 2.22 bits per heavy atom. The standard InChI is InChI=1S/C13H15BrN2O2/c14-12-3-1-2-10(15-12)13(18)16-6-8-4-5-11(17)9(8)7-16/h1-3,8-9,11,17H,4-7H2. The second-order valence-electron chi connectivity index (χ2n) is 5.12. The lowest BCUT2D eigenvalue weighted by Gasteiger charge is -2.18. The monoisotopic (exact) mass is 310 g/mol. The summed E-state index contributed by atoms with van der Waals surface area (Å²) in [7, 11) is 0. The molecule has 1 aromatic heterocycles. The van der Waals surface area contributed by atoms with Crippen molar-refractivity contribution < 1.29 is 9.90 Å². The van der Waals surface area contributed by atoms with Crippen LogP contribution in [0.15, 0.2) is 22.8 Å². The van der Waals surface area contributed by atoms with Crippen molar-refractivity contribution in [2.24, 2.45) is 11.8 Å². The number of likely N-dealkylation sites (tertiary alicyclic amines) is 1. The number of fused-ring (bicyclic) bond motifs is 1. The van der Waals surface area contributed by atoms with E-state index in [0.29, 0.717) is 22.8 Å². The van der Waals surface area contributed by atoms with Crippen molar-refractivity contribution in [3.63, 3.8) is 0 Å². The largest absolute Gasteiger partial charge is 0.393 e. The summed E-state index contributed by atoms with van der Waals surface area (Å²) in [6.07, 6.45) is 1.68. The molecular formula is C13H15BrN2O2. The number of aromatic nitrogens is 1. The average molecular weight is 311 g/mol. The highest BCUT2D eigenvalue weighted by Crippen LogP contribution is 2.38. The predicted molar refractivity (Wildman–Crippen MR) is 70.1 cm³/mol. The molecule has 3 unspecified atom stereocenters. The van der Waals surface area contributed by atoms with E-state index in [-0.39, 0.29) is 17.9 Å². The zero-order chi connectivity index (χ0) is 12.7. The van der Waals surface area contributed by atoms with Gasteiger partial charge in [0.2, 0.25) is 0 Å². The van der Waals surface area contributed by atoms with Gasteiger partial charge in [-0.1, -0.05) is 6.07 Å². The van der Waals surface area contributed by atoms with Crippen LogP contribution in [0.4, 0.5) is 0 Å². The molecule has 2 aliphatic rings. The fourth-order valence-electron chi connectivity index (χ4n) is 3.09. The van der Waals surface area contributed by atoms with Crippen LogP contribution in [-0.4, -0.2) is 40.1 Å². The van der Waals surface area contributed by atoms with E-state index in [1.165, 1.54) is 0 Å². The van der Waals surface area contributed by atoms with Gasteiger partial charge in [0.25, 0.3) is 5.91 Å². The maximum absolute atomic E-state index is 12.3. The SMILES string of the molecule is O=C(c1cccc(Br)n1)N1CC2CCC(O)C2C1. The number of aliphatic hydroxyl groups excluding tert-OH is 1. The van der Waals surface area contributed by atoms with Crippen LogP contribution in [0.25, 0.3) is 0 Å². The molecule has 2 heterocycles. The van der Waals surface area contributed by atoms with E-state index in [2.05, 4.69) is 20.9 Å². The third-order valence-electron chi connectivity index (χ3n) is 4.04. The molecule has 5 heteroatoms. The van der Waals surface area contributed by atoms with E-state index in [1.807, 2.05) is 11.0 Å². The summed E-state index contributed by atoms with van der Waals surface area (Å²) >= 11 is 3.28. The molecule has 3 rings (SSSR count). The molecule has 1 saturated carbocycles. The highest BCUT2D eigenvalue weighted by molar-refractivity contribution is 9.10. The molecule has 0 radical (unpaired) electrons. The quantitative estimate of drug-likeness (QED) is 0.803.